The second-order valence-corrected chi connectivity index (χ2v) is 8.29. The number of hydrogen-bond donors (Lipinski definition) is 1. The molecule has 2 rings (SSSR count). The van der Waals surface area contributed by atoms with Crippen molar-refractivity contribution in [3.63, 3.8) is 0 Å². The summed E-state index contributed by atoms with van der Waals surface area (Å²) in [5.41, 5.74) is 0.749. The van der Waals surface area contributed by atoms with Crippen molar-refractivity contribution in [2.45, 2.75) is 45.6 Å². The fraction of sp³-hybridized carbons (Fsp3) is 0.450. The number of phenolic OH excluding ortho intramolecular Hbond substituents is 1. The van der Waals surface area contributed by atoms with Gasteiger partial charge in [-0.25, -0.2) is 0 Å². The summed E-state index contributed by atoms with van der Waals surface area (Å²) in [6.45, 7) is 4.18. The largest absolute Gasteiger partial charge is 0.504 e. The van der Waals surface area contributed by atoms with Crippen LogP contribution in [0.25, 0.3) is 6.08 Å². The number of phenols is 1. The fourth-order valence-electron chi connectivity index (χ4n) is 2.67. The lowest BCUT2D eigenvalue weighted by Crippen LogP contribution is -2.29. The number of carbonyl (C=O) groups is 2. The zero-order valence-electron chi connectivity index (χ0n) is 16.3. The summed E-state index contributed by atoms with van der Waals surface area (Å²) >= 11 is 6.60. The number of ether oxygens (including phenoxy) is 2. The van der Waals surface area contributed by atoms with E-state index in [2.05, 4.69) is 0 Å². The Morgan fingerprint density at radius 2 is 2.07 bits per heavy atom. The van der Waals surface area contributed by atoms with Crippen molar-refractivity contribution in [3.8, 4) is 11.5 Å². The second kappa shape index (κ2) is 10.5. The molecule has 0 atom stereocenters. The summed E-state index contributed by atoms with van der Waals surface area (Å²) in [5, 5.41) is 9.67. The van der Waals surface area contributed by atoms with Gasteiger partial charge in [-0.3, -0.25) is 14.5 Å². The molecule has 1 aromatic carbocycles. The number of amides is 1. The normalized spacial score (nSPS) is 15.6. The molecule has 1 fully saturated rings. The maximum absolute atomic E-state index is 12.6. The van der Waals surface area contributed by atoms with Gasteiger partial charge in [0, 0.05) is 13.0 Å². The number of carbonyl (C=O) groups excluding carboxylic acids is 2. The van der Waals surface area contributed by atoms with Gasteiger partial charge in [-0.2, -0.15) is 0 Å². The quantitative estimate of drug-likeness (QED) is 0.277. The number of aromatic hydroxyl groups is 1. The number of thiocarbonyl (C=S) groups is 1. The molecule has 1 aliphatic rings. The first-order valence-electron chi connectivity index (χ1n) is 9.13. The Bertz CT molecular complexity index is 776. The first kappa shape index (κ1) is 22.2. The van der Waals surface area contributed by atoms with Gasteiger partial charge in [0.25, 0.3) is 5.91 Å². The Hall–Kier alpha value is -2.06. The molecular formula is C20H25NO5S2. The highest BCUT2D eigenvalue weighted by atomic mass is 32.2. The van der Waals surface area contributed by atoms with Crippen molar-refractivity contribution in [2.75, 3.05) is 13.7 Å². The maximum atomic E-state index is 12.6. The van der Waals surface area contributed by atoms with Crippen LogP contribution in [0.1, 0.15) is 45.1 Å². The van der Waals surface area contributed by atoms with Gasteiger partial charge in [0.2, 0.25) is 0 Å². The van der Waals surface area contributed by atoms with Crippen LogP contribution in [0.15, 0.2) is 23.1 Å². The third-order valence-corrected chi connectivity index (χ3v) is 5.38. The van der Waals surface area contributed by atoms with Crippen LogP contribution in [0.2, 0.25) is 0 Å². The third kappa shape index (κ3) is 6.24. The van der Waals surface area contributed by atoms with Crippen molar-refractivity contribution in [1.82, 2.24) is 4.90 Å². The Balaban J connectivity index is 1.87. The van der Waals surface area contributed by atoms with Gasteiger partial charge in [-0.1, -0.05) is 36.5 Å². The monoisotopic (exact) mass is 423 g/mol. The molecule has 152 valence electrons. The molecule has 1 heterocycles. The summed E-state index contributed by atoms with van der Waals surface area (Å²) in [6.07, 6.45) is 4.34. The molecule has 1 aromatic rings. The maximum Gasteiger partial charge on any atom is 0.306 e. The van der Waals surface area contributed by atoms with Crippen LogP contribution in [-0.2, 0) is 14.3 Å². The molecule has 0 radical (unpaired) electrons. The Kier molecular flexibility index (Phi) is 8.32. The van der Waals surface area contributed by atoms with E-state index in [1.807, 2.05) is 13.8 Å². The van der Waals surface area contributed by atoms with Crippen LogP contribution in [0.5, 0.6) is 11.5 Å². The molecule has 1 aliphatic heterocycles. The van der Waals surface area contributed by atoms with Gasteiger partial charge >= 0.3 is 5.97 Å². The van der Waals surface area contributed by atoms with E-state index >= 15 is 0 Å². The average molecular weight is 424 g/mol. The average Bonchev–Trinajstić information content (AvgIpc) is 2.89. The van der Waals surface area contributed by atoms with Gasteiger partial charge in [0.1, 0.15) is 4.32 Å². The minimum Gasteiger partial charge on any atom is -0.504 e. The van der Waals surface area contributed by atoms with E-state index in [9.17, 15) is 14.7 Å². The van der Waals surface area contributed by atoms with Gasteiger partial charge in [0.05, 0.1) is 18.1 Å². The molecule has 0 unspecified atom stereocenters. The van der Waals surface area contributed by atoms with Crippen molar-refractivity contribution in [2.24, 2.45) is 0 Å². The molecule has 1 saturated heterocycles. The lowest BCUT2D eigenvalue weighted by Gasteiger charge is -2.14. The number of esters is 1. The summed E-state index contributed by atoms with van der Waals surface area (Å²) in [4.78, 5) is 26.3. The molecule has 1 N–H and O–H groups in total. The van der Waals surface area contributed by atoms with E-state index < -0.39 is 0 Å². The second-order valence-electron chi connectivity index (χ2n) is 6.61. The Morgan fingerprint density at radius 3 is 2.75 bits per heavy atom. The zero-order chi connectivity index (χ0) is 20.7. The fourth-order valence-corrected chi connectivity index (χ4v) is 3.97. The van der Waals surface area contributed by atoms with E-state index in [1.165, 1.54) is 24.9 Å². The number of hydrogen-bond acceptors (Lipinski definition) is 7. The number of thioether (sulfide) groups is 1. The van der Waals surface area contributed by atoms with Crippen LogP contribution in [-0.4, -0.2) is 46.0 Å². The minimum absolute atomic E-state index is 0.0458. The summed E-state index contributed by atoms with van der Waals surface area (Å²) in [7, 11) is 1.47. The standard InChI is InChI=1S/C20H25NO5S2/c1-13(2)26-18(23)7-5-4-6-10-21-19(24)17(28-20(21)27)12-14-8-9-15(22)16(11-14)25-3/h8-9,11-13,22H,4-7,10H2,1-3H3/b17-12+. The smallest absolute Gasteiger partial charge is 0.306 e. The van der Waals surface area contributed by atoms with Crippen molar-refractivity contribution >= 4 is 46.3 Å². The molecule has 1 amide bonds. The number of methoxy groups -OCH3 is 1. The van der Waals surface area contributed by atoms with Crippen LogP contribution in [0, 0.1) is 0 Å². The highest BCUT2D eigenvalue weighted by molar-refractivity contribution is 8.26. The lowest BCUT2D eigenvalue weighted by molar-refractivity contribution is -0.147. The van der Waals surface area contributed by atoms with E-state index in [4.69, 9.17) is 21.7 Å². The number of benzene rings is 1. The van der Waals surface area contributed by atoms with Crippen LogP contribution >= 0.6 is 24.0 Å². The topological polar surface area (TPSA) is 76.1 Å². The molecule has 0 aromatic heterocycles. The van der Waals surface area contributed by atoms with Crippen molar-refractivity contribution in [1.29, 1.82) is 0 Å². The van der Waals surface area contributed by atoms with Crippen LogP contribution < -0.4 is 4.74 Å². The summed E-state index contributed by atoms with van der Waals surface area (Å²) in [6, 6.07) is 4.90. The van der Waals surface area contributed by atoms with Crippen LogP contribution in [0.4, 0.5) is 0 Å². The lowest BCUT2D eigenvalue weighted by atomic mass is 10.1. The van der Waals surface area contributed by atoms with Gasteiger partial charge in [-0.05, 0) is 50.5 Å². The first-order chi connectivity index (χ1) is 13.3. The number of nitrogens with zero attached hydrogens (tertiary/aromatic N) is 1. The van der Waals surface area contributed by atoms with Gasteiger partial charge < -0.3 is 14.6 Å². The molecule has 8 heteroatoms. The van der Waals surface area contributed by atoms with E-state index in [-0.39, 0.29) is 23.7 Å². The van der Waals surface area contributed by atoms with Crippen molar-refractivity contribution < 1.29 is 24.2 Å². The van der Waals surface area contributed by atoms with Gasteiger partial charge in [0.15, 0.2) is 11.5 Å². The molecule has 6 nitrogen and oxygen atoms in total. The third-order valence-electron chi connectivity index (χ3n) is 4.00. The van der Waals surface area contributed by atoms with Crippen LogP contribution in [0.3, 0.4) is 0 Å². The predicted octanol–water partition coefficient (Wildman–Crippen LogP) is 4.11. The zero-order valence-corrected chi connectivity index (χ0v) is 17.9. The van der Waals surface area contributed by atoms with E-state index in [0.717, 1.165) is 24.8 Å². The molecule has 0 aliphatic carbocycles. The van der Waals surface area contributed by atoms with E-state index in [1.54, 1.807) is 23.1 Å². The summed E-state index contributed by atoms with van der Waals surface area (Å²) < 4.78 is 10.7. The molecule has 0 saturated carbocycles. The highest BCUT2D eigenvalue weighted by Crippen LogP contribution is 2.34. The van der Waals surface area contributed by atoms with Gasteiger partial charge in [-0.15, -0.1) is 0 Å². The number of unbranched alkanes of at least 4 members (excludes halogenated alkanes) is 2. The number of rotatable bonds is 9. The SMILES string of the molecule is COc1cc(/C=C2/SC(=S)N(CCCCCC(=O)OC(C)C)C2=O)ccc1O. The summed E-state index contributed by atoms with van der Waals surface area (Å²) in [5.74, 6) is 0.0822. The molecule has 0 bridgehead atoms. The van der Waals surface area contributed by atoms with Crippen molar-refractivity contribution in [3.05, 3.63) is 28.7 Å². The molecule has 28 heavy (non-hydrogen) atoms. The minimum atomic E-state index is -0.187. The first-order valence-corrected chi connectivity index (χ1v) is 10.4. The highest BCUT2D eigenvalue weighted by Gasteiger charge is 2.31. The molecular weight excluding hydrogens is 398 g/mol. The Morgan fingerprint density at radius 1 is 1.32 bits per heavy atom. The molecule has 0 spiro atoms. The van der Waals surface area contributed by atoms with E-state index in [0.29, 0.717) is 27.9 Å². The predicted molar refractivity (Wildman–Crippen MR) is 114 cm³/mol. The Labute approximate surface area is 174 Å².